The van der Waals surface area contributed by atoms with Crippen LogP contribution in [0.4, 0.5) is 0 Å². The number of fused-ring (bicyclic) bond motifs is 2. The second-order valence-corrected chi connectivity index (χ2v) is 6.57. The summed E-state index contributed by atoms with van der Waals surface area (Å²) in [5.74, 6) is 0. The topological polar surface area (TPSA) is 42.2 Å². The van der Waals surface area contributed by atoms with E-state index in [-0.39, 0.29) is 11.7 Å². The molecule has 1 heterocycles. The minimum absolute atomic E-state index is 0.225. The predicted molar refractivity (Wildman–Crippen MR) is 96.2 cm³/mol. The number of aryl methyl sites for hydroxylation is 2. The largest absolute Gasteiger partial charge is 0.423 e. The fourth-order valence-corrected chi connectivity index (χ4v) is 3.56. The molecule has 0 unspecified atom stereocenters. The zero-order valence-corrected chi connectivity index (χ0v) is 13.8. The lowest BCUT2D eigenvalue weighted by Crippen LogP contribution is -2.19. The Morgan fingerprint density at radius 2 is 1.83 bits per heavy atom. The Morgan fingerprint density at radius 3 is 2.62 bits per heavy atom. The summed E-state index contributed by atoms with van der Waals surface area (Å²) in [6, 6.07) is 16.5. The van der Waals surface area contributed by atoms with Crippen molar-refractivity contribution in [3.8, 4) is 0 Å². The Hall–Kier alpha value is -2.39. The second-order valence-electron chi connectivity index (χ2n) is 6.57. The SMILES string of the molecule is C[C@H](NCc1cc(=O)oc2cc3c(cc12)CCC3)c1ccccc1. The van der Waals surface area contributed by atoms with E-state index in [4.69, 9.17) is 4.42 Å². The van der Waals surface area contributed by atoms with Crippen LogP contribution in [-0.4, -0.2) is 0 Å². The lowest BCUT2D eigenvalue weighted by atomic mass is 10.0. The third kappa shape index (κ3) is 2.87. The van der Waals surface area contributed by atoms with Crippen LogP contribution in [0.15, 0.2) is 57.7 Å². The summed E-state index contributed by atoms with van der Waals surface area (Å²) >= 11 is 0. The molecule has 2 aromatic carbocycles. The molecule has 1 atom stereocenters. The van der Waals surface area contributed by atoms with Gasteiger partial charge in [-0.05, 0) is 60.6 Å². The van der Waals surface area contributed by atoms with Gasteiger partial charge < -0.3 is 9.73 Å². The van der Waals surface area contributed by atoms with Crippen LogP contribution in [0.5, 0.6) is 0 Å². The number of rotatable bonds is 4. The van der Waals surface area contributed by atoms with Crippen molar-refractivity contribution in [3.63, 3.8) is 0 Å². The summed E-state index contributed by atoms with van der Waals surface area (Å²) in [5.41, 5.74) is 5.42. The molecule has 1 aliphatic rings. The molecule has 122 valence electrons. The highest BCUT2D eigenvalue weighted by Crippen LogP contribution is 2.28. The van der Waals surface area contributed by atoms with E-state index >= 15 is 0 Å². The van der Waals surface area contributed by atoms with E-state index < -0.39 is 0 Å². The number of hydrogen-bond donors (Lipinski definition) is 1. The lowest BCUT2D eigenvalue weighted by Gasteiger charge is -2.15. The van der Waals surface area contributed by atoms with E-state index in [1.807, 2.05) is 18.2 Å². The van der Waals surface area contributed by atoms with Crippen molar-refractivity contribution in [1.82, 2.24) is 5.32 Å². The average Bonchev–Trinajstić information content (AvgIpc) is 3.05. The molecule has 0 aliphatic heterocycles. The van der Waals surface area contributed by atoms with Gasteiger partial charge in [0.2, 0.25) is 0 Å². The predicted octanol–water partition coefficient (Wildman–Crippen LogP) is 4.13. The summed E-state index contributed by atoms with van der Waals surface area (Å²) in [6.07, 6.45) is 3.40. The molecule has 0 saturated heterocycles. The fourth-order valence-electron chi connectivity index (χ4n) is 3.56. The van der Waals surface area contributed by atoms with Crippen molar-refractivity contribution in [3.05, 3.63) is 81.2 Å². The zero-order valence-electron chi connectivity index (χ0n) is 13.8. The first-order valence-corrected chi connectivity index (χ1v) is 8.57. The third-order valence-corrected chi connectivity index (χ3v) is 4.94. The Morgan fingerprint density at radius 1 is 1.08 bits per heavy atom. The first kappa shape index (κ1) is 15.2. The Bertz CT molecular complexity index is 928. The summed E-state index contributed by atoms with van der Waals surface area (Å²) in [6.45, 7) is 2.79. The molecule has 24 heavy (non-hydrogen) atoms. The van der Waals surface area contributed by atoms with Gasteiger partial charge in [0.25, 0.3) is 0 Å². The molecule has 3 aromatic rings. The van der Waals surface area contributed by atoms with Crippen molar-refractivity contribution >= 4 is 11.0 Å². The van der Waals surface area contributed by atoms with Crippen LogP contribution in [0, 0.1) is 0 Å². The van der Waals surface area contributed by atoms with Gasteiger partial charge in [0.15, 0.2) is 0 Å². The molecule has 1 aliphatic carbocycles. The van der Waals surface area contributed by atoms with Gasteiger partial charge in [-0.3, -0.25) is 0 Å². The standard InChI is InChI=1S/C21H21NO2/c1-14(15-6-3-2-4-7-15)22-13-18-12-21(23)24-20-11-17-9-5-8-16(17)10-19(18)20/h2-4,6-7,10-12,14,22H,5,8-9,13H2,1H3/t14-/m0/s1. The highest BCUT2D eigenvalue weighted by atomic mass is 16.4. The molecule has 3 heteroatoms. The van der Waals surface area contributed by atoms with Crippen LogP contribution in [0.25, 0.3) is 11.0 Å². The van der Waals surface area contributed by atoms with E-state index in [1.54, 1.807) is 6.07 Å². The van der Waals surface area contributed by atoms with Crippen molar-refractivity contribution < 1.29 is 4.42 Å². The van der Waals surface area contributed by atoms with Crippen molar-refractivity contribution in [2.45, 2.75) is 38.8 Å². The van der Waals surface area contributed by atoms with E-state index in [1.165, 1.54) is 23.1 Å². The number of hydrogen-bond acceptors (Lipinski definition) is 3. The molecule has 1 aromatic heterocycles. The van der Waals surface area contributed by atoms with Gasteiger partial charge in [-0.25, -0.2) is 4.79 Å². The zero-order chi connectivity index (χ0) is 16.5. The molecule has 4 rings (SSSR count). The highest BCUT2D eigenvalue weighted by Gasteiger charge is 2.15. The molecule has 0 spiro atoms. The Kier molecular flexibility index (Phi) is 3.95. The van der Waals surface area contributed by atoms with Crippen LogP contribution >= 0.6 is 0 Å². The molecule has 0 bridgehead atoms. The smallest absolute Gasteiger partial charge is 0.336 e. The van der Waals surface area contributed by atoms with Gasteiger partial charge in [-0.15, -0.1) is 0 Å². The summed E-state index contributed by atoms with van der Waals surface area (Å²) in [5, 5.41) is 4.58. The Balaban J connectivity index is 1.65. The maximum Gasteiger partial charge on any atom is 0.336 e. The fraction of sp³-hybridized carbons (Fsp3) is 0.286. The average molecular weight is 319 g/mol. The number of benzene rings is 2. The third-order valence-electron chi connectivity index (χ3n) is 4.94. The van der Waals surface area contributed by atoms with Crippen LogP contribution < -0.4 is 10.9 Å². The van der Waals surface area contributed by atoms with Gasteiger partial charge in [-0.2, -0.15) is 0 Å². The molecule has 1 N–H and O–H groups in total. The molecule has 3 nitrogen and oxygen atoms in total. The van der Waals surface area contributed by atoms with Crippen LogP contribution in [-0.2, 0) is 19.4 Å². The minimum Gasteiger partial charge on any atom is -0.423 e. The van der Waals surface area contributed by atoms with Crippen LogP contribution in [0.3, 0.4) is 0 Å². The van der Waals surface area contributed by atoms with E-state index in [0.717, 1.165) is 23.8 Å². The molecular formula is C21H21NO2. The molecule has 0 amide bonds. The van der Waals surface area contributed by atoms with Gasteiger partial charge in [0, 0.05) is 24.0 Å². The first-order valence-electron chi connectivity index (χ1n) is 8.57. The van der Waals surface area contributed by atoms with E-state index in [9.17, 15) is 4.79 Å². The van der Waals surface area contributed by atoms with E-state index in [2.05, 4.69) is 36.5 Å². The van der Waals surface area contributed by atoms with Crippen LogP contribution in [0.1, 0.15) is 41.6 Å². The van der Waals surface area contributed by atoms with Gasteiger partial charge >= 0.3 is 5.63 Å². The normalized spacial score (nSPS) is 14.7. The maximum absolute atomic E-state index is 11.9. The summed E-state index contributed by atoms with van der Waals surface area (Å²) < 4.78 is 5.44. The molecule has 0 radical (unpaired) electrons. The summed E-state index contributed by atoms with van der Waals surface area (Å²) in [4.78, 5) is 11.9. The molecule has 0 saturated carbocycles. The molecular weight excluding hydrogens is 298 g/mol. The van der Waals surface area contributed by atoms with E-state index in [0.29, 0.717) is 12.1 Å². The summed E-state index contributed by atoms with van der Waals surface area (Å²) in [7, 11) is 0. The second kappa shape index (κ2) is 6.25. The van der Waals surface area contributed by atoms with Gasteiger partial charge in [0.05, 0.1) is 0 Å². The monoisotopic (exact) mass is 319 g/mol. The minimum atomic E-state index is -0.274. The number of nitrogens with one attached hydrogen (secondary N) is 1. The quantitative estimate of drug-likeness (QED) is 0.735. The van der Waals surface area contributed by atoms with Gasteiger partial charge in [-0.1, -0.05) is 30.3 Å². The Labute approximate surface area is 141 Å². The molecule has 0 fully saturated rings. The first-order chi connectivity index (χ1) is 11.7. The maximum atomic E-state index is 11.9. The van der Waals surface area contributed by atoms with Crippen molar-refractivity contribution in [2.75, 3.05) is 0 Å². The lowest BCUT2D eigenvalue weighted by molar-refractivity contribution is 0.547. The van der Waals surface area contributed by atoms with Crippen molar-refractivity contribution in [2.24, 2.45) is 0 Å². The highest BCUT2D eigenvalue weighted by molar-refractivity contribution is 5.82. The van der Waals surface area contributed by atoms with Gasteiger partial charge in [0.1, 0.15) is 5.58 Å². The van der Waals surface area contributed by atoms with Crippen molar-refractivity contribution in [1.29, 1.82) is 0 Å². The van der Waals surface area contributed by atoms with Crippen LogP contribution in [0.2, 0.25) is 0 Å².